The van der Waals surface area contributed by atoms with E-state index in [0.29, 0.717) is 90.6 Å². The third-order valence-corrected chi connectivity index (χ3v) is 21.7. The van der Waals surface area contributed by atoms with Crippen molar-refractivity contribution >= 4 is 93.4 Å². The zero-order valence-electron chi connectivity index (χ0n) is 60.5. The summed E-state index contributed by atoms with van der Waals surface area (Å²) in [7, 11) is 3.02. The number of amides is 9. The van der Waals surface area contributed by atoms with Gasteiger partial charge in [-0.2, -0.15) is 0 Å². The fourth-order valence-corrected chi connectivity index (χ4v) is 15.1. The molecule has 2 saturated carbocycles. The lowest BCUT2D eigenvalue weighted by atomic mass is 10.0. The highest BCUT2D eigenvalue weighted by atomic mass is 32.2. The SMILES string of the molecule is COc1cc2c(cc1OCCCCCOc1cc3c(cc1OC)C(=O)N1CC4(CC4)C[C@H]1C(O)N3C(=O)OCc1ccc(NC(=O)[C@H](C)NC(=O)[C@@H](NC(=O)CNC(=O)CNC(=O)CCC(=O)N3Cc4ccccc4C#Cc4ccccc43)C(C)C)cc1)NC[C@@H]1CC(c3ccc(SC4CC4)cc3)=CN1C2=O. The van der Waals surface area contributed by atoms with E-state index in [4.69, 9.17) is 23.7 Å². The van der Waals surface area contributed by atoms with Crippen LogP contribution in [0.5, 0.6) is 23.0 Å². The number of nitrogens with zero attached hydrogens (tertiary/aromatic N) is 4. The molecule has 1 saturated heterocycles. The summed E-state index contributed by atoms with van der Waals surface area (Å²) in [5, 5.41) is 29.3. The molecule has 107 heavy (non-hydrogen) atoms. The summed E-state index contributed by atoms with van der Waals surface area (Å²) >= 11 is 1.93. The van der Waals surface area contributed by atoms with E-state index in [1.165, 1.54) is 43.9 Å². The quantitative estimate of drug-likeness (QED) is 0.0178. The summed E-state index contributed by atoms with van der Waals surface area (Å²) in [4.78, 5) is 130. The predicted molar refractivity (Wildman–Crippen MR) is 402 cm³/mol. The highest BCUT2D eigenvalue weighted by molar-refractivity contribution is 8.00. The fraction of sp³-hybridized carbons (Fsp3) is 0.395. The van der Waals surface area contributed by atoms with E-state index in [-0.39, 0.29) is 84.5 Å². The number of methoxy groups -OCH3 is 2. The van der Waals surface area contributed by atoms with Crippen LogP contribution in [0, 0.1) is 23.2 Å². The Bertz CT molecular complexity index is 4530. The van der Waals surface area contributed by atoms with E-state index in [0.717, 1.165) is 51.7 Å². The van der Waals surface area contributed by atoms with Crippen LogP contribution < -0.4 is 60.6 Å². The van der Waals surface area contributed by atoms with Crippen molar-refractivity contribution in [3.63, 3.8) is 0 Å². The molecule has 6 aromatic rings. The summed E-state index contributed by atoms with van der Waals surface area (Å²) in [6, 6.07) is 33.6. The molecule has 6 aromatic carbocycles. The third kappa shape index (κ3) is 17.4. The molecule has 3 fully saturated rings. The Balaban J connectivity index is 0.556. The van der Waals surface area contributed by atoms with Crippen molar-refractivity contribution in [1.82, 2.24) is 31.1 Å². The average molecular weight is 1470 g/mol. The van der Waals surface area contributed by atoms with Gasteiger partial charge in [-0.1, -0.05) is 80.3 Å². The molecule has 1 spiro atoms. The number of fused-ring (bicyclic) bond motifs is 6. The van der Waals surface area contributed by atoms with Crippen molar-refractivity contribution in [2.75, 3.05) is 74.0 Å². The van der Waals surface area contributed by atoms with E-state index in [1.54, 1.807) is 67.2 Å². The number of unbranched alkanes of at least 4 members (excludes halogenated alkanes) is 2. The third-order valence-electron chi connectivity index (χ3n) is 20.4. The van der Waals surface area contributed by atoms with E-state index in [2.05, 4.69) is 68.0 Å². The maximum Gasteiger partial charge on any atom is 0.416 e. The summed E-state index contributed by atoms with van der Waals surface area (Å²) in [5.41, 5.74) is 7.38. The van der Waals surface area contributed by atoms with Crippen LogP contribution in [0.25, 0.3) is 5.57 Å². The Kier molecular flexibility index (Phi) is 22.7. The van der Waals surface area contributed by atoms with Crippen LogP contribution in [-0.4, -0.2) is 158 Å². The molecule has 5 atom stereocenters. The Morgan fingerprint density at radius 2 is 1.37 bits per heavy atom. The number of nitrogens with one attached hydrogen (secondary N) is 6. The first kappa shape index (κ1) is 74.2. The Morgan fingerprint density at radius 3 is 2.08 bits per heavy atom. The molecule has 7 N–H and O–H groups in total. The molecule has 0 radical (unpaired) electrons. The summed E-state index contributed by atoms with van der Waals surface area (Å²) in [6.45, 7) is 5.47. The zero-order chi connectivity index (χ0) is 75.0. The van der Waals surface area contributed by atoms with Gasteiger partial charge in [0.05, 0.1) is 87.3 Å². The van der Waals surface area contributed by atoms with Crippen molar-refractivity contribution in [1.29, 1.82) is 0 Å². The minimum absolute atomic E-state index is 0.0451. The standard InChI is InChI=1S/C81H88N10O15S/c1-48(2)74(87-72(94)43-84-71(93)42-83-70(92)29-30-73(95)89-44-54-15-8-7-13-51(54)19-20-53-14-9-10-16-63(53)89)76(97)85-49(3)75(96)86-56-23-17-50(18-24-56)46-106-80(101)91-64-39-69(67(103-5)37-61(64)78(99)90-47-81(31-32-81)40-65(90)79(91)100)105-34-12-6-11-33-104-68-38-62-60(36-66(68)102-4)77(98)88-45-55(35-57(88)41-82-62)52-21-25-58(26-22-52)107-59-27-28-59/h7-10,13-18,21-26,36-39,45,48-49,57,59,65,74,79,82,100H,6,11-12,27-35,40-44,46-47H2,1-5H3,(H,83,92)(H,84,93)(H,85,97)(H,86,96)(H,87,94)/t49-,57-,65-,74-,79?/m0/s1. The summed E-state index contributed by atoms with van der Waals surface area (Å²) < 4.78 is 30.0. The van der Waals surface area contributed by atoms with Crippen LogP contribution >= 0.6 is 11.8 Å². The largest absolute Gasteiger partial charge is 0.493 e. The van der Waals surface area contributed by atoms with Gasteiger partial charge in [-0.3, -0.25) is 38.4 Å². The highest BCUT2D eigenvalue weighted by Gasteiger charge is 2.58. The topological polar surface area (TPSA) is 305 Å². The van der Waals surface area contributed by atoms with Crippen molar-refractivity contribution in [2.45, 2.75) is 145 Å². The molecule has 2 aliphatic carbocycles. The van der Waals surface area contributed by atoms with Crippen LogP contribution in [0.1, 0.15) is 140 Å². The normalized spacial score (nSPS) is 18.2. The maximum atomic E-state index is 14.5. The van der Waals surface area contributed by atoms with E-state index in [9.17, 15) is 48.3 Å². The fourth-order valence-electron chi connectivity index (χ4n) is 14.0. The summed E-state index contributed by atoms with van der Waals surface area (Å²) in [5.74, 6) is 3.42. The highest BCUT2D eigenvalue weighted by Crippen LogP contribution is 2.57. The van der Waals surface area contributed by atoms with Gasteiger partial charge in [-0.05, 0) is 153 Å². The van der Waals surface area contributed by atoms with Gasteiger partial charge in [0, 0.05) is 71.2 Å². The van der Waals surface area contributed by atoms with Gasteiger partial charge in [0.1, 0.15) is 18.7 Å². The first-order chi connectivity index (χ1) is 51.7. The molecular formula is C81H88N10O15S. The number of thioether (sulfide) groups is 1. The first-order valence-electron chi connectivity index (χ1n) is 36.4. The number of hydrogen-bond acceptors (Lipinski definition) is 17. The number of anilines is 4. The van der Waals surface area contributed by atoms with Gasteiger partial charge < -0.3 is 75.4 Å². The van der Waals surface area contributed by atoms with E-state index in [1.807, 2.05) is 71.4 Å². The van der Waals surface area contributed by atoms with Gasteiger partial charge >= 0.3 is 6.09 Å². The van der Waals surface area contributed by atoms with E-state index >= 15 is 0 Å². The smallest absolute Gasteiger partial charge is 0.416 e. The predicted octanol–water partition coefficient (Wildman–Crippen LogP) is 9.28. The van der Waals surface area contributed by atoms with Crippen molar-refractivity contribution in [3.05, 3.63) is 166 Å². The molecule has 558 valence electrons. The molecule has 13 rings (SSSR count). The lowest BCUT2D eigenvalue weighted by molar-refractivity contribution is -0.132. The lowest BCUT2D eigenvalue weighted by Crippen LogP contribution is -2.55. The number of aliphatic hydroxyl groups is 1. The zero-order valence-corrected chi connectivity index (χ0v) is 61.3. The maximum absolute atomic E-state index is 14.5. The molecule has 9 amide bonds. The van der Waals surface area contributed by atoms with Gasteiger partial charge in [-0.25, -0.2) is 9.69 Å². The minimum Gasteiger partial charge on any atom is -0.493 e. The average Bonchev–Trinajstić information content (AvgIpc) is 1.57. The van der Waals surface area contributed by atoms with E-state index < -0.39 is 79.0 Å². The van der Waals surface area contributed by atoms with Crippen LogP contribution in [0.2, 0.25) is 0 Å². The van der Waals surface area contributed by atoms with Gasteiger partial charge in [0.15, 0.2) is 29.2 Å². The second-order valence-electron chi connectivity index (χ2n) is 28.5. The number of carbonyl (C=O) groups is 9. The van der Waals surface area contributed by atoms with Crippen molar-refractivity contribution in [2.24, 2.45) is 11.3 Å². The minimum atomic E-state index is -1.47. The van der Waals surface area contributed by atoms with Gasteiger partial charge in [0.25, 0.3) is 11.8 Å². The molecule has 5 aliphatic heterocycles. The summed E-state index contributed by atoms with van der Waals surface area (Å²) in [6.07, 6.45) is 6.78. The van der Waals surface area contributed by atoms with Crippen LogP contribution in [0.4, 0.5) is 27.5 Å². The number of aliphatic hydroxyl groups excluding tert-OH is 1. The first-order valence-corrected chi connectivity index (χ1v) is 37.3. The van der Waals surface area contributed by atoms with Crippen molar-refractivity contribution in [3.8, 4) is 34.8 Å². The lowest BCUT2D eigenvalue weighted by Gasteiger charge is -2.31. The number of benzene rings is 6. The van der Waals surface area contributed by atoms with Crippen LogP contribution in [-0.2, 0) is 46.7 Å². The molecule has 7 aliphatic rings. The Morgan fingerprint density at radius 1 is 0.701 bits per heavy atom. The Labute approximate surface area is 625 Å². The van der Waals surface area contributed by atoms with Crippen LogP contribution in [0.3, 0.4) is 0 Å². The second-order valence-corrected chi connectivity index (χ2v) is 29.9. The van der Waals surface area contributed by atoms with Gasteiger partial charge in [0.2, 0.25) is 35.4 Å². The molecule has 0 bridgehead atoms. The second kappa shape index (κ2) is 32.8. The molecule has 26 heteroatoms. The number of para-hydroxylation sites is 1. The Hall–Kier alpha value is -11.0. The molecule has 5 heterocycles. The number of rotatable bonds is 28. The van der Waals surface area contributed by atoms with Crippen molar-refractivity contribution < 1.29 is 71.9 Å². The van der Waals surface area contributed by atoms with Gasteiger partial charge in [-0.15, -0.1) is 11.8 Å². The van der Waals surface area contributed by atoms with Crippen LogP contribution in [0.15, 0.2) is 132 Å². The number of carbonyl (C=O) groups excluding carboxylic acids is 9. The molecule has 1 unspecified atom stereocenters. The molecular weight excluding hydrogens is 1390 g/mol. The number of hydrogen-bond donors (Lipinski definition) is 7. The monoisotopic (exact) mass is 1470 g/mol. The molecule has 25 nitrogen and oxygen atoms in total. The molecule has 0 aromatic heterocycles. The number of ether oxygens (including phenoxy) is 5.